The van der Waals surface area contributed by atoms with Crippen molar-refractivity contribution in [2.75, 3.05) is 11.9 Å². The van der Waals surface area contributed by atoms with E-state index in [9.17, 15) is 4.79 Å². The zero-order valence-electron chi connectivity index (χ0n) is 15.5. The fourth-order valence-corrected chi connectivity index (χ4v) is 3.62. The van der Waals surface area contributed by atoms with Gasteiger partial charge in [-0.2, -0.15) is 10.2 Å². The van der Waals surface area contributed by atoms with Crippen LogP contribution in [0, 0.1) is 6.92 Å². The maximum atomic E-state index is 12.9. The summed E-state index contributed by atoms with van der Waals surface area (Å²) in [6.07, 6.45) is 5.72. The van der Waals surface area contributed by atoms with E-state index in [1.54, 1.807) is 6.20 Å². The number of aromatic nitrogens is 4. The molecule has 7 heteroatoms. The van der Waals surface area contributed by atoms with E-state index in [-0.39, 0.29) is 12.1 Å². The lowest BCUT2D eigenvalue weighted by Crippen LogP contribution is -2.41. The topological polar surface area (TPSA) is 68.0 Å². The average Bonchev–Trinajstić information content (AvgIpc) is 3.39. The number of aryl methyl sites for hydroxylation is 1. The molecular formula is C20H24N6O. The van der Waals surface area contributed by atoms with Crippen molar-refractivity contribution in [3.63, 3.8) is 0 Å². The molecule has 0 spiro atoms. The summed E-state index contributed by atoms with van der Waals surface area (Å²) >= 11 is 0. The van der Waals surface area contributed by atoms with Crippen LogP contribution in [0.25, 0.3) is 0 Å². The van der Waals surface area contributed by atoms with Crippen molar-refractivity contribution in [1.29, 1.82) is 0 Å². The third kappa shape index (κ3) is 4.02. The van der Waals surface area contributed by atoms with Gasteiger partial charge >= 0.3 is 6.03 Å². The molecule has 2 amide bonds. The van der Waals surface area contributed by atoms with Crippen LogP contribution in [0.4, 0.5) is 10.6 Å². The van der Waals surface area contributed by atoms with Crippen LogP contribution in [0.5, 0.6) is 0 Å². The molecule has 3 aromatic rings. The SMILES string of the molecule is Cc1cc(NC(=O)N2CCC[C@H]2Cn2cccn2)n(Cc2ccccc2)n1. The Balaban J connectivity index is 1.46. The molecule has 0 saturated carbocycles. The van der Waals surface area contributed by atoms with E-state index < -0.39 is 0 Å². The number of amides is 2. The summed E-state index contributed by atoms with van der Waals surface area (Å²) in [6.45, 7) is 4.06. The Morgan fingerprint density at radius 2 is 2.11 bits per heavy atom. The fraction of sp³-hybridized carbons (Fsp3) is 0.350. The molecule has 1 aliphatic rings. The number of likely N-dealkylation sites (tertiary alicyclic amines) is 1. The lowest BCUT2D eigenvalue weighted by Gasteiger charge is -2.25. The Hall–Kier alpha value is -3.09. The average molecular weight is 364 g/mol. The number of hydrogen-bond acceptors (Lipinski definition) is 3. The summed E-state index contributed by atoms with van der Waals surface area (Å²) in [5.74, 6) is 0.728. The molecule has 140 valence electrons. The first kappa shape index (κ1) is 17.3. The van der Waals surface area contributed by atoms with Gasteiger partial charge in [0.05, 0.1) is 24.8 Å². The molecule has 2 aromatic heterocycles. The standard InChI is InChI=1S/C20H24N6O/c1-16-13-19(26(23-16)14-17-7-3-2-4-8-17)22-20(27)25-12-5-9-18(25)15-24-11-6-10-21-24/h2-4,6-8,10-11,13,18H,5,9,12,14-15H2,1H3,(H,22,27)/t18-/m0/s1. The van der Waals surface area contributed by atoms with Crippen molar-refractivity contribution in [2.24, 2.45) is 0 Å². The molecule has 7 nitrogen and oxygen atoms in total. The van der Waals surface area contributed by atoms with Crippen molar-refractivity contribution < 1.29 is 4.79 Å². The van der Waals surface area contributed by atoms with Crippen molar-refractivity contribution in [3.8, 4) is 0 Å². The second kappa shape index (κ2) is 7.65. The Bertz CT molecular complexity index is 887. The molecule has 0 bridgehead atoms. The highest BCUT2D eigenvalue weighted by Gasteiger charge is 2.29. The Morgan fingerprint density at radius 1 is 1.26 bits per heavy atom. The lowest BCUT2D eigenvalue weighted by molar-refractivity contribution is 0.199. The summed E-state index contributed by atoms with van der Waals surface area (Å²) in [4.78, 5) is 14.8. The first-order valence-electron chi connectivity index (χ1n) is 9.32. The Kier molecular flexibility index (Phi) is 4.91. The molecular weight excluding hydrogens is 340 g/mol. The molecule has 1 saturated heterocycles. The highest BCUT2D eigenvalue weighted by Crippen LogP contribution is 2.21. The largest absolute Gasteiger partial charge is 0.323 e. The minimum Gasteiger partial charge on any atom is -0.320 e. The van der Waals surface area contributed by atoms with Gasteiger partial charge in [-0.15, -0.1) is 0 Å². The van der Waals surface area contributed by atoms with E-state index >= 15 is 0 Å². The van der Waals surface area contributed by atoms with Gasteiger partial charge in [-0.3, -0.25) is 10.00 Å². The number of nitrogens with zero attached hydrogens (tertiary/aromatic N) is 5. The molecule has 0 radical (unpaired) electrons. The number of benzene rings is 1. The smallest absolute Gasteiger partial charge is 0.320 e. The van der Waals surface area contributed by atoms with E-state index in [0.29, 0.717) is 6.54 Å². The van der Waals surface area contributed by atoms with Crippen molar-refractivity contribution in [2.45, 2.75) is 38.9 Å². The van der Waals surface area contributed by atoms with Gasteiger partial charge in [-0.05, 0) is 31.4 Å². The summed E-state index contributed by atoms with van der Waals surface area (Å²) < 4.78 is 3.74. The van der Waals surface area contributed by atoms with Crippen molar-refractivity contribution in [3.05, 3.63) is 66.1 Å². The second-order valence-corrected chi connectivity index (χ2v) is 6.96. The van der Waals surface area contributed by atoms with Crippen molar-refractivity contribution >= 4 is 11.8 Å². The van der Waals surface area contributed by atoms with Gasteiger partial charge in [0.25, 0.3) is 0 Å². The van der Waals surface area contributed by atoms with Crippen LogP contribution in [0.2, 0.25) is 0 Å². The van der Waals surface area contributed by atoms with Crippen molar-refractivity contribution in [1.82, 2.24) is 24.5 Å². The molecule has 1 atom stereocenters. The first-order chi connectivity index (χ1) is 13.2. The zero-order valence-corrected chi connectivity index (χ0v) is 15.5. The minimum atomic E-state index is -0.0705. The molecule has 1 fully saturated rings. The maximum absolute atomic E-state index is 12.9. The monoisotopic (exact) mass is 364 g/mol. The zero-order chi connectivity index (χ0) is 18.6. The van der Waals surface area contributed by atoms with Gasteiger partial charge in [0.2, 0.25) is 0 Å². The minimum absolute atomic E-state index is 0.0705. The summed E-state index contributed by atoms with van der Waals surface area (Å²) in [7, 11) is 0. The Morgan fingerprint density at radius 3 is 2.89 bits per heavy atom. The van der Waals surface area contributed by atoms with Crippen LogP contribution in [-0.2, 0) is 13.1 Å². The predicted molar refractivity (Wildman–Crippen MR) is 103 cm³/mol. The van der Waals surface area contributed by atoms with Gasteiger partial charge in [0.15, 0.2) is 0 Å². The quantitative estimate of drug-likeness (QED) is 0.756. The molecule has 0 unspecified atom stereocenters. The van der Waals surface area contributed by atoms with Crippen LogP contribution < -0.4 is 5.32 Å². The molecule has 27 heavy (non-hydrogen) atoms. The van der Waals surface area contributed by atoms with Gasteiger partial charge in [-0.25, -0.2) is 9.48 Å². The van der Waals surface area contributed by atoms with Gasteiger partial charge in [-0.1, -0.05) is 30.3 Å². The number of nitrogens with one attached hydrogen (secondary N) is 1. The summed E-state index contributed by atoms with van der Waals surface area (Å²) in [5.41, 5.74) is 2.03. The number of carbonyl (C=O) groups excluding carboxylic acids is 1. The van der Waals surface area contributed by atoms with Gasteiger partial charge in [0, 0.05) is 25.0 Å². The third-order valence-corrected chi connectivity index (χ3v) is 4.91. The van der Waals surface area contributed by atoms with Gasteiger partial charge in [0.1, 0.15) is 5.82 Å². The van der Waals surface area contributed by atoms with E-state index in [2.05, 4.69) is 27.6 Å². The number of rotatable bonds is 5. The van der Waals surface area contributed by atoms with E-state index in [4.69, 9.17) is 0 Å². The number of hydrogen-bond donors (Lipinski definition) is 1. The predicted octanol–water partition coefficient (Wildman–Crippen LogP) is 3.13. The van der Waals surface area contributed by atoms with E-state index in [1.165, 1.54) is 0 Å². The Labute approximate surface area is 158 Å². The second-order valence-electron chi connectivity index (χ2n) is 6.96. The molecule has 1 N–H and O–H groups in total. The van der Waals surface area contributed by atoms with E-state index in [0.717, 1.165) is 43.0 Å². The normalized spacial score (nSPS) is 16.6. The van der Waals surface area contributed by atoms with Gasteiger partial charge < -0.3 is 4.90 Å². The molecule has 3 heterocycles. The number of anilines is 1. The van der Waals surface area contributed by atoms with Crippen LogP contribution >= 0.6 is 0 Å². The van der Waals surface area contributed by atoms with E-state index in [1.807, 2.05) is 57.7 Å². The summed E-state index contributed by atoms with van der Waals surface area (Å²) in [6, 6.07) is 14.0. The molecule has 1 aliphatic heterocycles. The lowest BCUT2D eigenvalue weighted by atomic mass is 10.2. The maximum Gasteiger partial charge on any atom is 0.323 e. The van der Waals surface area contributed by atoms with Crippen LogP contribution in [-0.4, -0.2) is 43.1 Å². The first-order valence-corrected chi connectivity index (χ1v) is 9.32. The number of carbonyl (C=O) groups is 1. The summed E-state index contributed by atoms with van der Waals surface area (Å²) in [5, 5.41) is 11.9. The highest BCUT2D eigenvalue weighted by atomic mass is 16.2. The highest BCUT2D eigenvalue weighted by molar-refractivity contribution is 5.89. The number of urea groups is 1. The van der Waals surface area contributed by atoms with Crippen LogP contribution in [0.3, 0.4) is 0 Å². The fourth-order valence-electron chi connectivity index (χ4n) is 3.62. The molecule has 0 aliphatic carbocycles. The molecule has 4 rings (SSSR count). The van der Waals surface area contributed by atoms with Crippen LogP contribution in [0.15, 0.2) is 54.9 Å². The third-order valence-electron chi connectivity index (χ3n) is 4.91. The molecule has 1 aromatic carbocycles. The van der Waals surface area contributed by atoms with Crippen LogP contribution in [0.1, 0.15) is 24.1 Å².